The summed E-state index contributed by atoms with van der Waals surface area (Å²) >= 11 is 0. The first kappa shape index (κ1) is 19.4. The maximum atomic E-state index is 12.7. The number of benzene rings is 1. The predicted molar refractivity (Wildman–Crippen MR) is 87.7 cm³/mol. The fourth-order valence-corrected chi connectivity index (χ4v) is 2.11. The first-order chi connectivity index (χ1) is 12.0. The molecule has 0 bridgehead atoms. The van der Waals surface area contributed by atoms with Crippen LogP contribution in [0.2, 0.25) is 0 Å². The minimum Gasteiger partial charge on any atom is -0.435 e. The zero-order valence-corrected chi connectivity index (χ0v) is 14.5. The van der Waals surface area contributed by atoms with Crippen molar-refractivity contribution in [2.45, 2.75) is 39.9 Å². The monoisotopic (exact) mass is 370 g/mol. The third-order valence-electron chi connectivity index (χ3n) is 3.57. The van der Waals surface area contributed by atoms with Crippen LogP contribution in [-0.4, -0.2) is 21.9 Å². The van der Waals surface area contributed by atoms with Crippen molar-refractivity contribution in [2.24, 2.45) is 5.18 Å². The summed E-state index contributed by atoms with van der Waals surface area (Å²) < 4.78 is 44.7. The van der Waals surface area contributed by atoms with Gasteiger partial charge in [0, 0.05) is 11.6 Å². The molecule has 0 aliphatic carbocycles. The van der Waals surface area contributed by atoms with Gasteiger partial charge in [-0.1, -0.05) is 0 Å². The van der Waals surface area contributed by atoms with Crippen LogP contribution < -0.4 is 10.1 Å². The van der Waals surface area contributed by atoms with Gasteiger partial charge in [0.05, 0.1) is 11.3 Å². The van der Waals surface area contributed by atoms with Crippen LogP contribution in [0.1, 0.15) is 30.7 Å². The molecule has 1 aromatic carbocycles. The van der Waals surface area contributed by atoms with Gasteiger partial charge in [0.2, 0.25) is 5.88 Å². The van der Waals surface area contributed by atoms with E-state index in [9.17, 15) is 22.9 Å². The van der Waals surface area contributed by atoms with E-state index in [0.29, 0.717) is 17.3 Å². The number of carbonyl (C=O) groups is 1. The van der Waals surface area contributed by atoms with Gasteiger partial charge in [-0.3, -0.25) is 0 Å². The van der Waals surface area contributed by atoms with Gasteiger partial charge in [-0.05, 0) is 51.1 Å². The quantitative estimate of drug-likeness (QED) is 0.792. The van der Waals surface area contributed by atoms with E-state index in [-0.39, 0.29) is 17.7 Å². The van der Waals surface area contributed by atoms with Crippen molar-refractivity contribution in [1.82, 2.24) is 15.1 Å². The Labute approximate surface area is 147 Å². The molecule has 26 heavy (non-hydrogen) atoms. The predicted octanol–water partition coefficient (Wildman–Crippen LogP) is 4.68. The van der Waals surface area contributed by atoms with Gasteiger partial charge in [-0.15, -0.1) is 10.0 Å². The molecule has 2 aromatic rings. The Hall–Kier alpha value is -2.91. The van der Waals surface area contributed by atoms with Crippen molar-refractivity contribution in [3.63, 3.8) is 0 Å². The normalized spacial score (nSPS) is 11.5. The van der Waals surface area contributed by atoms with Crippen LogP contribution >= 0.6 is 0 Å². The average Bonchev–Trinajstić information content (AvgIpc) is 2.82. The Kier molecular flexibility index (Phi) is 5.33. The van der Waals surface area contributed by atoms with Crippen molar-refractivity contribution in [3.05, 3.63) is 39.9 Å². The van der Waals surface area contributed by atoms with Crippen molar-refractivity contribution >= 4 is 11.7 Å². The first-order valence-electron chi connectivity index (χ1n) is 7.64. The lowest BCUT2D eigenvalue weighted by Gasteiger charge is -2.10. The highest BCUT2D eigenvalue weighted by Crippen LogP contribution is 2.38. The highest BCUT2D eigenvalue weighted by molar-refractivity contribution is 5.77. The fraction of sp³-hybridized carbons (Fsp3) is 0.375. The summed E-state index contributed by atoms with van der Waals surface area (Å²) in [6.07, 6.45) is -4.61. The molecule has 2 rings (SSSR count). The molecule has 1 heterocycles. The summed E-state index contributed by atoms with van der Waals surface area (Å²) in [6.45, 7) is 6.84. The number of hydrogen-bond acceptors (Lipinski definition) is 5. The Bertz CT molecular complexity index is 844. The number of nitroso groups, excluding NO2 is 1. The molecule has 0 aliphatic heterocycles. The summed E-state index contributed by atoms with van der Waals surface area (Å²) in [5.41, 5.74) is -0.543. The number of ether oxygens (including phenoxy) is 1. The second kappa shape index (κ2) is 7.14. The Morgan fingerprint density at radius 3 is 2.50 bits per heavy atom. The smallest absolute Gasteiger partial charge is 0.416 e. The highest BCUT2D eigenvalue weighted by atomic mass is 19.4. The largest absolute Gasteiger partial charge is 0.435 e. The molecule has 0 saturated carbocycles. The second-order valence-electron chi connectivity index (χ2n) is 5.91. The van der Waals surface area contributed by atoms with E-state index in [1.165, 1.54) is 0 Å². The number of rotatable bonds is 4. The molecule has 1 amide bonds. The van der Waals surface area contributed by atoms with Gasteiger partial charge in [0.1, 0.15) is 0 Å². The molecule has 1 aromatic heterocycles. The van der Waals surface area contributed by atoms with Gasteiger partial charge < -0.3 is 10.1 Å². The lowest BCUT2D eigenvalue weighted by atomic mass is 10.2. The van der Waals surface area contributed by atoms with E-state index in [0.717, 1.165) is 16.8 Å². The van der Waals surface area contributed by atoms with Crippen LogP contribution in [0.25, 0.3) is 0 Å². The second-order valence-corrected chi connectivity index (χ2v) is 5.91. The fourth-order valence-electron chi connectivity index (χ4n) is 2.11. The Morgan fingerprint density at radius 1 is 1.31 bits per heavy atom. The molecular formula is C16H17F3N4O3. The molecule has 0 saturated heterocycles. The lowest BCUT2D eigenvalue weighted by Crippen LogP contribution is -2.35. The van der Waals surface area contributed by atoms with Crippen LogP contribution in [-0.2, 0) is 6.18 Å². The topological polar surface area (TPSA) is 85.6 Å². The lowest BCUT2D eigenvalue weighted by molar-refractivity contribution is -0.137. The molecule has 10 heteroatoms. The molecule has 1 N–H and O–H groups in total. The van der Waals surface area contributed by atoms with E-state index < -0.39 is 23.5 Å². The summed E-state index contributed by atoms with van der Waals surface area (Å²) in [7, 11) is 0. The molecule has 0 unspecified atom stereocenters. The van der Waals surface area contributed by atoms with Crippen LogP contribution in [0.4, 0.5) is 23.7 Å². The van der Waals surface area contributed by atoms with Crippen molar-refractivity contribution < 1.29 is 22.7 Å². The van der Waals surface area contributed by atoms with Gasteiger partial charge in [0.25, 0.3) is 0 Å². The number of nitrogens with zero attached hydrogens (tertiary/aromatic N) is 3. The van der Waals surface area contributed by atoms with E-state index >= 15 is 0 Å². The van der Waals surface area contributed by atoms with E-state index in [4.69, 9.17) is 4.74 Å². The third-order valence-corrected chi connectivity index (χ3v) is 3.57. The average molecular weight is 370 g/mol. The molecule has 140 valence electrons. The maximum absolute atomic E-state index is 12.7. The Balaban J connectivity index is 2.37. The SMILES string of the molecule is Cc1c(Oc2ccc(C(F)(F)F)cc2N=O)nn(C(=O)NC(C)C)c1C. The van der Waals surface area contributed by atoms with Crippen molar-refractivity contribution in [1.29, 1.82) is 0 Å². The molecule has 0 spiro atoms. The van der Waals surface area contributed by atoms with Gasteiger partial charge in [-0.25, -0.2) is 4.79 Å². The summed E-state index contributed by atoms with van der Waals surface area (Å²) in [6, 6.07) is 1.76. The van der Waals surface area contributed by atoms with Crippen LogP contribution in [0.3, 0.4) is 0 Å². The summed E-state index contributed by atoms with van der Waals surface area (Å²) in [4.78, 5) is 23.0. The van der Waals surface area contributed by atoms with Crippen molar-refractivity contribution in [3.8, 4) is 11.6 Å². The van der Waals surface area contributed by atoms with Crippen LogP contribution in [0.5, 0.6) is 11.6 Å². The number of carbonyl (C=O) groups excluding carboxylic acids is 1. The van der Waals surface area contributed by atoms with Crippen LogP contribution in [0.15, 0.2) is 23.4 Å². The van der Waals surface area contributed by atoms with Crippen LogP contribution in [0, 0.1) is 18.8 Å². The summed E-state index contributed by atoms with van der Waals surface area (Å²) in [5.74, 6) is -0.198. The molecule has 7 nitrogen and oxygen atoms in total. The minimum absolute atomic E-state index is 0.00827. The number of halogens is 3. The van der Waals surface area contributed by atoms with E-state index in [1.807, 2.05) is 0 Å². The number of hydrogen-bond donors (Lipinski definition) is 1. The molecule has 0 fully saturated rings. The van der Waals surface area contributed by atoms with E-state index in [1.54, 1.807) is 27.7 Å². The summed E-state index contributed by atoms with van der Waals surface area (Å²) in [5, 5.41) is 9.27. The third kappa shape index (κ3) is 4.01. The molecule has 0 radical (unpaired) electrons. The van der Waals surface area contributed by atoms with Crippen molar-refractivity contribution in [2.75, 3.05) is 0 Å². The van der Waals surface area contributed by atoms with E-state index in [2.05, 4.69) is 15.6 Å². The molecule has 0 aliphatic rings. The van der Waals surface area contributed by atoms with Gasteiger partial charge in [0.15, 0.2) is 11.4 Å². The standard InChI is InChI=1S/C16H17F3N4O3/c1-8(2)20-15(24)23-10(4)9(3)14(21-23)26-13-6-5-11(16(17,18)19)7-12(13)22-25/h5-8H,1-4H3,(H,20,24). The van der Waals surface area contributed by atoms with Gasteiger partial charge in [-0.2, -0.15) is 17.9 Å². The Morgan fingerprint density at radius 2 is 1.96 bits per heavy atom. The maximum Gasteiger partial charge on any atom is 0.416 e. The molecule has 0 atom stereocenters. The zero-order chi connectivity index (χ0) is 19.6. The first-order valence-corrected chi connectivity index (χ1v) is 7.64. The van der Waals surface area contributed by atoms with Gasteiger partial charge >= 0.3 is 12.2 Å². The zero-order valence-electron chi connectivity index (χ0n) is 14.5. The number of amides is 1. The number of alkyl halides is 3. The number of nitrogens with one attached hydrogen (secondary N) is 1. The highest BCUT2D eigenvalue weighted by Gasteiger charge is 2.31. The number of aromatic nitrogens is 2. The minimum atomic E-state index is -4.61. The molecular weight excluding hydrogens is 353 g/mol.